The molecular formula is C14H20BrN3O. The smallest absolute Gasteiger partial charge is 0.238 e. The largest absolute Gasteiger partial charge is 0.325 e. The molecule has 0 radical (unpaired) electrons. The maximum Gasteiger partial charge on any atom is 0.238 e. The summed E-state index contributed by atoms with van der Waals surface area (Å²) in [5.41, 5.74) is 0.835. The summed E-state index contributed by atoms with van der Waals surface area (Å²) in [6.45, 7) is 2.41. The number of nitrogens with one attached hydrogen (secondary N) is 2. The normalized spacial score (nSPS) is 20.2. The lowest BCUT2D eigenvalue weighted by atomic mass is 10.1. The molecular weight excluding hydrogens is 306 g/mol. The molecule has 5 heteroatoms. The fourth-order valence-electron chi connectivity index (χ4n) is 2.40. The number of carbonyl (C=O) groups is 1. The highest BCUT2D eigenvalue weighted by Crippen LogP contribution is 2.16. The summed E-state index contributed by atoms with van der Waals surface area (Å²) in [5, 5.41) is 6.22. The summed E-state index contributed by atoms with van der Waals surface area (Å²) >= 11 is 3.40. The molecule has 0 aliphatic carbocycles. The van der Waals surface area contributed by atoms with Crippen molar-refractivity contribution < 1.29 is 4.79 Å². The quantitative estimate of drug-likeness (QED) is 0.890. The predicted molar refractivity (Wildman–Crippen MR) is 81.3 cm³/mol. The van der Waals surface area contributed by atoms with Crippen LogP contribution in [-0.4, -0.2) is 43.5 Å². The Labute approximate surface area is 122 Å². The molecule has 1 unspecified atom stereocenters. The first kappa shape index (κ1) is 14.5. The summed E-state index contributed by atoms with van der Waals surface area (Å²) in [6.07, 6.45) is 2.34. The number of anilines is 1. The Hall–Kier alpha value is -0.910. The van der Waals surface area contributed by atoms with Crippen molar-refractivity contribution in [1.82, 2.24) is 10.2 Å². The van der Waals surface area contributed by atoms with Crippen LogP contribution in [0.15, 0.2) is 28.7 Å². The van der Waals surface area contributed by atoms with Crippen molar-refractivity contribution in [2.45, 2.75) is 18.9 Å². The number of benzene rings is 1. The SMILES string of the molecule is CNC1CCCN(CC(=O)Nc2cccc(Br)c2)C1. The van der Waals surface area contributed by atoms with Gasteiger partial charge in [-0.3, -0.25) is 9.69 Å². The molecule has 0 spiro atoms. The maximum atomic E-state index is 12.0. The zero-order valence-corrected chi connectivity index (χ0v) is 12.7. The van der Waals surface area contributed by atoms with E-state index >= 15 is 0 Å². The third-order valence-corrected chi connectivity index (χ3v) is 3.88. The summed E-state index contributed by atoms with van der Waals surface area (Å²) in [4.78, 5) is 14.2. The number of rotatable bonds is 4. The van der Waals surface area contributed by atoms with Gasteiger partial charge in [-0.25, -0.2) is 0 Å². The van der Waals surface area contributed by atoms with Crippen molar-refractivity contribution in [1.29, 1.82) is 0 Å². The van der Waals surface area contributed by atoms with Gasteiger partial charge < -0.3 is 10.6 Å². The minimum Gasteiger partial charge on any atom is -0.325 e. The van der Waals surface area contributed by atoms with E-state index in [1.54, 1.807) is 0 Å². The number of carbonyl (C=O) groups excluding carboxylic acids is 1. The van der Waals surface area contributed by atoms with E-state index in [1.807, 2.05) is 31.3 Å². The van der Waals surface area contributed by atoms with Crippen LogP contribution in [0.5, 0.6) is 0 Å². The van der Waals surface area contributed by atoms with E-state index in [2.05, 4.69) is 31.5 Å². The van der Waals surface area contributed by atoms with Crippen molar-refractivity contribution in [2.24, 2.45) is 0 Å². The lowest BCUT2D eigenvalue weighted by Gasteiger charge is -2.31. The van der Waals surface area contributed by atoms with Crippen LogP contribution in [0.2, 0.25) is 0 Å². The second kappa shape index (κ2) is 7.03. The van der Waals surface area contributed by atoms with Gasteiger partial charge in [-0.15, -0.1) is 0 Å². The Morgan fingerprint density at radius 2 is 2.37 bits per heavy atom. The molecule has 104 valence electrons. The van der Waals surface area contributed by atoms with E-state index in [4.69, 9.17) is 0 Å². The molecule has 4 nitrogen and oxygen atoms in total. The number of likely N-dealkylation sites (N-methyl/N-ethyl adjacent to an activating group) is 1. The van der Waals surface area contributed by atoms with Crippen LogP contribution in [0.1, 0.15) is 12.8 Å². The summed E-state index contributed by atoms with van der Waals surface area (Å²) < 4.78 is 0.971. The lowest BCUT2D eigenvalue weighted by molar-refractivity contribution is -0.117. The third kappa shape index (κ3) is 4.60. The molecule has 2 N–H and O–H groups in total. The van der Waals surface area contributed by atoms with E-state index in [1.165, 1.54) is 6.42 Å². The first-order valence-electron chi connectivity index (χ1n) is 6.62. The highest BCUT2D eigenvalue weighted by atomic mass is 79.9. The number of nitrogens with zero attached hydrogens (tertiary/aromatic N) is 1. The Morgan fingerprint density at radius 3 is 3.11 bits per heavy atom. The van der Waals surface area contributed by atoms with E-state index in [-0.39, 0.29) is 5.91 Å². The van der Waals surface area contributed by atoms with Gasteiger partial charge in [0.15, 0.2) is 0 Å². The van der Waals surface area contributed by atoms with Gasteiger partial charge in [0.05, 0.1) is 6.54 Å². The number of halogens is 1. The van der Waals surface area contributed by atoms with Gasteiger partial charge >= 0.3 is 0 Å². The number of hydrogen-bond acceptors (Lipinski definition) is 3. The average Bonchev–Trinajstić information content (AvgIpc) is 2.38. The van der Waals surface area contributed by atoms with Crippen LogP contribution in [0.25, 0.3) is 0 Å². The third-order valence-electron chi connectivity index (χ3n) is 3.39. The fourth-order valence-corrected chi connectivity index (χ4v) is 2.80. The van der Waals surface area contributed by atoms with E-state index in [0.29, 0.717) is 12.6 Å². The Bertz CT molecular complexity index is 438. The molecule has 0 saturated carbocycles. The van der Waals surface area contributed by atoms with Crippen LogP contribution in [0, 0.1) is 0 Å². The topological polar surface area (TPSA) is 44.4 Å². The molecule has 1 aromatic carbocycles. The predicted octanol–water partition coefficient (Wildman–Crippen LogP) is 2.07. The van der Waals surface area contributed by atoms with Gasteiger partial charge in [0.2, 0.25) is 5.91 Å². The summed E-state index contributed by atoms with van der Waals surface area (Å²) in [6, 6.07) is 8.17. The van der Waals surface area contributed by atoms with Gasteiger partial charge in [-0.05, 0) is 44.6 Å². The average molecular weight is 326 g/mol. The maximum absolute atomic E-state index is 12.0. The molecule has 1 aromatic rings. The molecule has 2 rings (SSSR count). The molecule has 1 amide bonds. The van der Waals surface area contributed by atoms with Crippen LogP contribution >= 0.6 is 15.9 Å². The zero-order valence-electron chi connectivity index (χ0n) is 11.2. The van der Waals surface area contributed by atoms with Crippen molar-refractivity contribution in [2.75, 3.05) is 32.0 Å². The molecule has 1 fully saturated rings. The van der Waals surface area contributed by atoms with Gasteiger partial charge in [0.1, 0.15) is 0 Å². The number of piperidine rings is 1. The molecule has 1 heterocycles. The van der Waals surface area contributed by atoms with E-state index < -0.39 is 0 Å². The Kier molecular flexibility index (Phi) is 5.36. The van der Waals surface area contributed by atoms with Crippen molar-refractivity contribution in [3.05, 3.63) is 28.7 Å². The van der Waals surface area contributed by atoms with E-state index in [0.717, 1.165) is 29.7 Å². The number of amides is 1. The zero-order chi connectivity index (χ0) is 13.7. The molecule has 1 aliphatic heterocycles. The molecule has 1 aliphatic rings. The van der Waals surface area contributed by atoms with Gasteiger partial charge in [-0.1, -0.05) is 22.0 Å². The van der Waals surface area contributed by atoms with Crippen LogP contribution in [0.3, 0.4) is 0 Å². The summed E-state index contributed by atoms with van der Waals surface area (Å²) in [5.74, 6) is 0.0508. The second-order valence-electron chi connectivity index (χ2n) is 4.92. The number of hydrogen-bond donors (Lipinski definition) is 2. The first-order chi connectivity index (χ1) is 9.17. The van der Waals surface area contributed by atoms with Gasteiger partial charge in [0.25, 0.3) is 0 Å². The number of likely N-dealkylation sites (tertiary alicyclic amines) is 1. The van der Waals surface area contributed by atoms with Crippen molar-refractivity contribution >= 4 is 27.5 Å². The second-order valence-corrected chi connectivity index (χ2v) is 5.84. The highest BCUT2D eigenvalue weighted by molar-refractivity contribution is 9.10. The van der Waals surface area contributed by atoms with Crippen molar-refractivity contribution in [3.63, 3.8) is 0 Å². The standard InChI is InChI=1S/C14H20BrN3O/c1-16-13-6-3-7-18(9-13)10-14(19)17-12-5-2-4-11(15)8-12/h2,4-5,8,13,16H,3,6-7,9-10H2,1H3,(H,17,19). The summed E-state index contributed by atoms with van der Waals surface area (Å²) in [7, 11) is 1.98. The van der Waals surface area contributed by atoms with Gasteiger partial charge in [-0.2, -0.15) is 0 Å². The molecule has 19 heavy (non-hydrogen) atoms. The molecule has 0 bridgehead atoms. The molecule has 1 atom stereocenters. The van der Waals surface area contributed by atoms with Crippen LogP contribution in [0.4, 0.5) is 5.69 Å². The molecule has 0 aromatic heterocycles. The lowest BCUT2D eigenvalue weighted by Crippen LogP contribution is -2.46. The van der Waals surface area contributed by atoms with Crippen LogP contribution < -0.4 is 10.6 Å². The molecule has 1 saturated heterocycles. The minimum absolute atomic E-state index is 0.0508. The minimum atomic E-state index is 0.0508. The monoisotopic (exact) mass is 325 g/mol. The fraction of sp³-hybridized carbons (Fsp3) is 0.500. The van der Waals surface area contributed by atoms with Gasteiger partial charge in [0, 0.05) is 22.7 Å². The Morgan fingerprint density at radius 1 is 1.53 bits per heavy atom. The first-order valence-corrected chi connectivity index (χ1v) is 7.41. The van der Waals surface area contributed by atoms with E-state index in [9.17, 15) is 4.79 Å². The highest BCUT2D eigenvalue weighted by Gasteiger charge is 2.20. The van der Waals surface area contributed by atoms with Crippen molar-refractivity contribution in [3.8, 4) is 0 Å². The Balaban J connectivity index is 1.84. The van der Waals surface area contributed by atoms with Crippen LogP contribution in [-0.2, 0) is 4.79 Å².